The van der Waals surface area contributed by atoms with Crippen LogP contribution in [-0.4, -0.2) is 27.1 Å². The molecule has 2 aromatic carbocycles. The van der Waals surface area contributed by atoms with E-state index in [0.29, 0.717) is 21.0 Å². The van der Waals surface area contributed by atoms with E-state index in [4.69, 9.17) is 0 Å². The molecule has 7 nitrogen and oxygen atoms in total. The van der Waals surface area contributed by atoms with Crippen LogP contribution in [0.4, 0.5) is 5.69 Å². The van der Waals surface area contributed by atoms with Crippen LogP contribution in [0.5, 0.6) is 0 Å². The minimum Gasteiger partial charge on any atom is -0.478 e. The van der Waals surface area contributed by atoms with Crippen molar-refractivity contribution in [3.05, 3.63) is 51.1 Å². The zero-order valence-electron chi connectivity index (χ0n) is 11.7. The summed E-state index contributed by atoms with van der Waals surface area (Å²) in [5, 5.41) is 30.5. The number of nitro benzene ring substituents is 1. The van der Waals surface area contributed by atoms with E-state index in [9.17, 15) is 29.9 Å². The summed E-state index contributed by atoms with van der Waals surface area (Å²) in [5.41, 5.74) is -0.205. The van der Waals surface area contributed by atoms with E-state index in [1.54, 1.807) is 13.0 Å². The van der Waals surface area contributed by atoms with Gasteiger partial charge in [-0.1, -0.05) is 0 Å². The van der Waals surface area contributed by atoms with Crippen molar-refractivity contribution in [3.8, 4) is 0 Å². The number of benzene rings is 2. The van der Waals surface area contributed by atoms with Crippen molar-refractivity contribution in [1.82, 2.24) is 0 Å². The molecule has 23 heavy (non-hydrogen) atoms. The second-order valence-corrected chi connectivity index (χ2v) is 6.08. The summed E-state index contributed by atoms with van der Waals surface area (Å²) >= 11 is 1.26. The second kappa shape index (κ2) is 5.03. The number of fused-ring (bicyclic) bond motifs is 3. The first-order valence-corrected chi connectivity index (χ1v) is 7.23. The number of thiophene rings is 1. The zero-order chi connectivity index (χ0) is 16.9. The SMILES string of the molecule is Cc1cc2sc3cc([N+](=O)[O-])c(C(=O)O)cc3c2cc1C(=O)O. The molecule has 116 valence electrons. The van der Waals surface area contributed by atoms with Gasteiger partial charge in [-0.2, -0.15) is 0 Å². The lowest BCUT2D eigenvalue weighted by molar-refractivity contribution is -0.385. The number of carbonyl (C=O) groups is 2. The Morgan fingerprint density at radius 3 is 2.04 bits per heavy atom. The molecule has 0 bridgehead atoms. The van der Waals surface area contributed by atoms with Gasteiger partial charge < -0.3 is 10.2 Å². The third kappa shape index (κ3) is 2.29. The fourth-order valence-electron chi connectivity index (χ4n) is 2.51. The van der Waals surface area contributed by atoms with E-state index >= 15 is 0 Å². The molecule has 0 amide bonds. The molecule has 0 radical (unpaired) electrons. The minimum absolute atomic E-state index is 0.118. The quantitative estimate of drug-likeness (QED) is 0.558. The molecular formula is C15H9NO6S. The number of carboxylic acids is 2. The van der Waals surface area contributed by atoms with Crippen molar-refractivity contribution in [3.63, 3.8) is 0 Å². The highest BCUT2D eigenvalue weighted by Crippen LogP contribution is 2.38. The summed E-state index contributed by atoms with van der Waals surface area (Å²) in [6.07, 6.45) is 0. The van der Waals surface area contributed by atoms with Crippen LogP contribution in [0, 0.1) is 17.0 Å². The summed E-state index contributed by atoms with van der Waals surface area (Å²) in [6.45, 7) is 1.67. The molecule has 3 aromatic rings. The van der Waals surface area contributed by atoms with Gasteiger partial charge in [-0.3, -0.25) is 10.1 Å². The molecule has 1 aromatic heterocycles. The molecule has 8 heteroatoms. The largest absolute Gasteiger partial charge is 0.478 e. The predicted molar refractivity (Wildman–Crippen MR) is 84.6 cm³/mol. The smallest absolute Gasteiger partial charge is 0.342 e. The lowest BCUT2D eigenvalue weighted by Crippen LogP contribution is -2.02. The fraction of sp³-hybridized carbons (Fsp3) is 0.0667. The van der Waals surface area contributed by atoms with Crippen LogP contribution in [0.15, 0.2) is 24.3 Å². The Kier molecular flexibility index (Phi) is 3.26. The molecule has 2 N–H and O–H groups in total. The topological polar surface area (TPSA) is 118 Å². The van der Waals surface area contributed by atoms with Gasteiger partial charge >= 0.3 is 11.9 Å². The standard InChI is InChI=1S/C15H9NO6S/c1-6-2-12-8(3-7(6)14(17)18)9-4-10(15(19)20)11(16(21)22)5-13(9)23-12/h2-5H,1H3,(H,17,18)(H,19,20). The summed E-state index contributed by atoms with van der Waals surface area (Å²) in [4.78, 5) is 32.8. The van der Waals surface area contributed by atoms with Gasteiger partial charge in [0.1, 0.15) is 5.56 Å². The summed E-state index contributed by atoms with van der Waals surface area (Å²) in [5.74, 6) is -2.48. The first kappa shape index (κ1) is 14.9. The number of rotatable bonds is 3. The van der Waals surface area contributed by atoms with Crippen molar-refractivity contribution in [2.45, 2.75) is 6.92 Å². The fourth-order valence-corrected chi connectivity index (χ4v) is 3.71. The van der Waals surface area contributed by atoms with Gasteiger partial charge in [0, 0.05) is 26.2 Å². The monoisotopic (exact) mass is 331 g/mol. The first-order chi connectivity index (χ1) is 10.8. The number of carboxylic acid groups (broad SMARTS) is 2. The molecule has 1 heterocycles. The maximum absolute atomic E-state index is 11.3. The molecule has 0 saturated heterocycles. The van der Waals surface area contributed by atoms with Crippen LogP contribution in [0.2, 0.25) is 0 Å². The molecular weight excluding hydrogens is 322 g/mol. The Balaban J connectivity index is 2.44. The van der Waals surface area contributed by atoms with E-state index in [2.05, 4.69) is 0 Å². The normalized spacial score (nSPS) is 11.0. The van der Waals surface area contributed by atoms with Crippen LogP contribution in [0.3, 0.4) is 0 Å². The van der Waals surface area contributed by atoms with Gasteiger partial charge in [-0.25, -0.2) is 9.59 Å². The Labute approximate surface area is 132 Å². The van der Waals surface area contributed by atoms with E-state index in [-0.39, 0.29) is 5.56 Å². The molecule has 0 unspecified atom stereocenters. The zero-order valence-corrected chi connectivity index (χ0v) is 12.5. The average molecular weight is 331 g/mol. The molecule has 0 atom stereocenters. The van der Waals surface area contributed by atoms with E-state index in [1.807, 2.05) is 0 Å². The molecule has 0 aliphatic carbocycles. The van der Waals surface area contributed by atoms with Gasteiger partial charge in [0.2, 0.25) is 0 Å². The third-order valence-corrected chi connectivity index (χ3v) is 4.71. The average Bonchev–Trinajstić information content (AvgIpc) is 2.80. The van der Waals surface area contributed by atoms with Crippen LogP contribution in [0.1, 0.15) is 26.3 Å². The van der Waals surface area contributed by atoms with Crippen molar-refractivity contribution in [2.75, 3.05) is 0 Å². The number of aryl methyl sites for hydroxylation is 1. The van der Waals surface area contributed by atoms with Crippen molar-refractivity contribution >= 4 is 49.1 Å². The van der Waals surface area contributed by atoms with Crippen LogP contribution in [0.25, 0.3) is 20.2 Å². The number of hydrogen-bond donors (Lipinski definition) is 2. The summed E-state index contributed by atoms with van der Waals surface area (Å²) in [6, 6.07) is 5.62. The van der Waals surface area contributed by atoms with Gasteiger partial charge in [0.25, 0.3) is 5.69 Å². The third-order valence-electron chi connectivity index (χ3n) is 3.59. The number of nitro groups is 1. The Bertz CT molecular complexity index is 1020. The van der Waals surface area contributed by atoms with E-state index in [0.717, 1.165) is 4.70 Å². The van der Waals surface area contributed by atoms with Crippen molar-refractivity contribution in [1.29, 1.82) is 0 Å². The van der Waals surface area contributed by atoms with Gasteiger partial charge in [0.05, 0.1) is 10.5 Å². The predicted octanol–water partition coefficient (Wildman–Crippen LogP) is 3.67. The summed E-state index contributed by atoms with van der Waals surface area (Å²) in [7, 11) is 0. The van der Waals surface area contributed by atoms with Crippen LogP contribution in [-0.2, 0) is 0 Å². The van der Waals surface area contributed by atoms with Gasteiger partial charge in [-0.05, 0) is 30.7 Å². The highest BCUT2D eigenvalue weighted by molar-refractivity contribution is 7.25. The lowest BCUT2D eigenvalue weighted by atomic mass is 10.0. The number of hydrogen-bond acceptors (Lipinski definition) is 5. The Morgan fingerprint density at radius 2 is 1.52 bits per heavy atom. The van der Waals surface area contributed by atoms with Crippen molar-refractivity contribution < 1.29 is 24.7 Å². The molecule has 0 aliphatic heterocycles. The Morgan fingerprint density at radius 1 is 1.00 bits per heavy atom. The minimum atomic E-state index is -1.40. The Hall–Kier alpha value is -3.00. The molecule has 0 spiro atoms. The van der Waals surface area contributed by atoms with E-state index in [1.165, 1.54) is 29.5 Å². The number of nitrogens with zero attached hydrogens (tertiary/aromatic N) is 1. The van der Waals surface area contributed by atoms with Crippen LogP contribution >= 0.6 is 11.3 Å². The molecule has 0 fully saturated rings. The summed E-state index contributed by atoms with van der Waals surface area (Å²) < 4.78 is 1.29. The highest BCUT2D eigenvalue weighted by Gasteiger charge is 2.23. The molecule has 0 saturated carbocycles. The molecule has 0 aliphatic rings. The molecule has 3 rings (SSSR count). The maximum atomic E-state index is 11.3. The number of aromatic carboxylic acids is 2. The van der Waals surface area contributed by atoms with Crippen molar-refractivity contribution in [2.24, 2.45) is 0 Å². The highest BCUT2D eigenvalue weighted by atomic mass is 32.1. The van der Waals surface area contributed by atoms with Gasteiger partial charge in [-0.15, -0.1) is 11.3 Å². The van der Waals surface area contributed by atoms with Gasteiger partial charge in [0.15, 0.2) is 0 Å². The second-order valence-electron chi connectivity index (χ2n) is 5.00. The van der Waals surface area contributed by atoms with E-state index < -0.39 is 28.1 Å². The maximum Gasteiger partial charge on any atom is 0.342 e. The first-order valence-electron chi connectivity index (χ1n) is 6.41. The van der Waals surface area contributed by atoms with Crippen LogP contribution < -0.4 is 0 Å². The lowest BCUT2D eigenvalue weighted by Gasteiger charge is -2.02.